The first kappa shape index (κ1) is 39.4. The third-order valence-electron chi connectivity index (χ3n) is 14.3. The van der Waals surface area contributed by atoms with Gasteiger partial charge in [-0.25, -0.2) is 15.0 Å². The molecule has 0 bridgehead atoms. The van der Waals surface area contributed by atoms with Gasteiger partial charge in [-0.3, -0.25) is 0 Å². The molecule has 0 saturated heterocycles. The molecule has 0 saturated carbocycles. The molecule has 0 aliphatic heterocycles. The van der Waals surface area contributed by atoms with Gasteiger partial charge in [0, 0.05) is 65.9 Å². The highest BCUT2D eigenvalue weighted by atomic mass is 16.3. The summed E-state index contributed by atoms with van der Waals surface area (Å²) in [7, 11) is 0. The fraction of sp³-hybridized carbons (Fsp3) is 0. The minimum Gasteiger partial charge on any atom is -0.456 e. The molecule has 4 aromatic heterocycles. The van der Waals surface area contributed by atoms with E-state index in [1.807, 2.05) is 24.3 Å². The summed E-state index contributed by atoms with van der Waals surface area (Å²) in [6, 6.07) is 83.9. The van der Waals surface area contributed by atoms with E-state index in [4.69, 9.17) is 19.4 Å². The largest absolute Gasteiger partial charge is 0.456 e. The van der Waals surface area contributed by atoms with Crippen LogP contribution in [0, 0.1) is 0 Å². The zero-order valence-corrected chi connectivity index (χ0v) is 38.2. The Labute approximate surface area is 407 Å². The molecule has 0 aliphatic carbocycles. The van der Waals surface area contributed by atoms with Crippen LogP contribution >= 0.6 is 0 Å². The van der Waals surface area contributed by atoms with Crippen LogP contribution in [-0.4, -0.2) is 24.1 Å². The molecule has 0 unspecified atom stereocenters. The van der Waals surface area contributed by atoms with E-state index in [0.29, 0.717) is 17.5 Å². The first-order chi connectivity index (χ1) is 35.2. The summed E-state index contributed by atoms with van der Waals surface area (Å²) in [6.45, 7) is 0. The lowest BCUT2D eigenvalue weighted by atomic mass is 9.90. The normalized spacial score (nSPS) is 11.9. The van der Waals surface area contributed by atoms with Crippen LogP contribution in [0.15, 0.2) is 241 Å². The van der Waals surface area contributed by atoms with Gasteiger partial charge in [0.05, 0.1) is 22.1 Å². The number of furan rings is 1. The number of para-hydroxylation sites is 4. The zero-order chi connectivity index (χ0) is 46.6. The summed E-state index contributed by atoms with van der Waals surface area (Å²) in [5.74, 6) is 1.76. The van der Waals surface area contributed by atoms with Gasteiger partial charge in [-0.1, -0.05) is 152 Å². The van der Waals surface area contributed by atoms with Crippen molar-refractivity contribution in [1.82, 2.24) is 24.1 Å². The third kappa shape index (κ3) is 6.11. The molecule has 0 amide bonds. The van der Waals surface area contributed by atoms with Crippen molar-refractivity contribution in [2.24, 2.45) is 0 Å². The van der Waals surface area contributed by atoms with Crippen LogP contribution in [0.3, 0.4) is 0 Å². The number of hydrogen-bond donors (Lipinski definition) is 0. The summed E-state index contributed by atoms with van der Waals surface area (Å²) in [5.41, 5.74) is 13.0. The zero-order valence-electron chi connectivity index (χ0n) is 38.2. The highest BCUT2D eigenvalue weighted by Crippen LogP contribution is 2.47. The van der Waals surface area contributed by atoms with Crippen LogP contribution in [0.4, 0.5) is 0 Å². The molecular weight excluding hydrogens is 867 g/mol. The first-order valence-corrected chi connectivity index (χ1v) is 24.0. The molecule has 0 fully saturated rings. The molecule has 15 rings (SSSR count). The van der Waals surface area contributed by atoms with Crippen LogP contribution in [0.25, 0.3) is 144 Å². The Bertz CT molecular complexity index is 4640. The molecule has 71 heavy (non-hydrogen) atoms. The lowest BCUT2D eigenvalue weighted by Gasteiger charge is -2.18. The SMILES string of the molecule is c1ccc(-c2nc(-c3ccc4c(c3)c3ccccc3n4-c3ccccc3)nc(-c3ccc(-n4c5ccccc5c5cc6ccccc6cc54)cc3-c3c4ccccc4cc4oc5ccccc5c34)n2)cc1. The van der Waals surface area contributed by atoms with Crippen molar-refractivity contribution in [3.63, 3.8) is 0 Å². The highest BCUT2D eigenvalue weighted by Gasteiger charge is 2.24. The molecule has 0 N–H and O–H groups in total. The summed E-state index contributed by atoms with van der Waals surface area (Å²) in [6.07, 6.45) is 0. The van der Waals surface area contributed by atoms with Crippen molar-refractivity contribution < 1.29 is 4.42 Å². The fourth-order valence-corrected chi connectivity index (χ4v) is 11.1. The second-order valence-electron chi connectivity index (χ2n) is 18.3. The second-order valence-corrected chi connectivity index (χ2v) is 18.3. The van der Waals surface area contributed by atoms with Crippen molar-refractivity contribution >= 4 is 87.1 Å². The number of aromatic nitrogens is 5. The van der Waals surface area contributed by atoms with E-state index < -0.39 is 0 Å². The minimum atomic E-state index is 0.573. The average Bonchev–Trinajstić information content (AvgIpc) is 4.09. The molecule has 0 atom stereocenters. The van der Waals surface area contributed by atoms with Crippen LogP contribution < -0.4 is 0 Å². The molecule has 15 aromatic rings. The van der Waals surface area contributed by atoms with Gasteiger partial charge in [0.2, 0.25) is 0 Å². The van der Waals surface area contributed by atoms with Gasteiger partial charge in [-0.15, -0.1) is 0 Å². The molecular formula is C65H39N5O. The van der Waals surface area contributed by atoms with E-state index in [0.717, 1.165) is 105 Å². The lowest BCUT2D eigenvalue weighted by molar-refractivity contribution is 0.669. The summed E-state index contributed by atoms with van der Waals surface area (Å²) in [4.78, 5) is 16.2. The number of hydrogen-bond acceptors (Lipinski definition) is 4. The third-order valence-corrected chi connectivity index (χ3v) is 14.3. The number of nitrogens with zero attached hydrogens (tertiary/aromatic N) is 5. The van der Waals surface area contributed by atoms with Crippen LogP contribution in [0.5, 0.6) is 0 Å². The molecule has 6 nitrogen and oxygen atoms in total. The molecule has 0 radical (unpaired) electrons. The first-order valence-electron chi connectivity index (χ1n) is 24.0. The Hall–Kier alpha value is -9.65. The number of fused-ring (bicyclic) bond motifs is 11. The van der Waals surface area contributed by atoms with E-state index in [1.54, 1.807) is 0 Å². The molecule has 0 spiro atoms. The summed E-state index contributed by atoms with van der Waals surface area (Å²) in [5, 5.41) is 11.4. The van der Waals surface area contributed by atoms with Crippen molar-refractivity contribution in [2.45, 2.75) is 0 Å². The van der Waals surface area contributed by atoms with Gasteiger partial charge >= 0.3 is 0 Å². The highest BCUT2D eigenvalue weighted by molar-refractivity contribution is 6.22. The Morgan fingerprint density at radius 3 is 1.62 bits per heavy atom. The second kappa shape index (κ2) is 15.4. The van der Waals surface area contributed by atoms with E-state index in [9.17, 15) is 0 Å². The van der Waals surface area contributed by atoms with E-state index in [-0.39, 0.29) is 0 Å². The topological polar surface area (TPSA) is 61.7 Å². The molecule has 330 valence electrons. The van der Waals surface area contributed by atoms with Crippen molar-refractivity contribution in [3.8, 4) is 56.7 Å². The fourth-order valence-electron chi connectivity index (χ4n) is 11.1. The predicted octanol–water partition coefficient (Wildman–Crippen LogP) is 16.9. The van der Waals surface area contributed by atoms with Gasteiger partial charge in [0.15, 0.2) is 17.5 Å². The van der Waals surface area contributed by atoms with Gasteiger partial charge in [-0.2, -0.15) is 0 Å². The van der Waals surface area contributed by atoms with Crippen molar-refractivity contribution in [2.75, 3.05) is 0 Å². The van der Waals surface area contributed by atoms with Crippen LogP contribution in [0.1, 0.15) is 0 Å². The van der Waals surface area contributed by atoms with Crippen LogP contribution in [-0.2, 0) is 0 Å². The molecule has 11 aromatic carbocycles. The molecule has 0 aliphatic rings. The number of rotatable bonds is 6. The average molecular weight is 906 g/mol. The maximum Gasteiger partial charge on any atom is 0.164 e. The Balaban J connectivity index is 1.04. The van der Waals surface area contributed by atoms with E-state index in [2.05, 4.69) is 221 Å². The monoisotopic (exact) mass is 905 g/mol. The lowest BCUT2D eigenvalue weighted by Crippen LogP contribution is -2.02. The van der Waals surface area contributed by atoms with Gasteiger partial charge < -0.3 is 13.6 Å². The Kier molecular flexibility index (Phi) is 8.56. The van der Waals surface area contributed by atoms with Crippen molar-refractivity contribution in [1.29, 1.82) is 0 Å². The minimum absolute atomic E-state index is 0.573. The van der Waals surface area contributed by atoms with E-state index >= 15 is 0 Å². The van der Waals surface area contributed by atoms with Gasteiger partial charge in [0.1, 0.15) is 11.2 Å². The van der Waals surface area contributed by atoms with Gasteiger partial charge in [-0.05, 0) is 112 Å². The Morgan fingerprint density at radius 1 is 0.296 bits per heavy atom. The summed E-state index contributed by atoms with van der Waals surface area (Å²) >= 11 is 0. The maximum atomic E-state index is 6.73. The maximum absolute atomic E-state index is 6.73. The quantitative estimate of drug-likeness (QED) is 0.167. The standard InChI is InChI=1S/C65H39N5O/c1-3-17-40(18-4-1)63-66-64(44-31-34-57-52(36-44)48-25-11-14-28-55(48)69(57)45-22-5-2-6-23-45)68-65(67-63)50-33-32-46(70-56-29-15-12-26-49(56)53-35-41-19-7-8-20-42(41)37-58(53)70)39-54(50)61-47-24-10-9-21-43(47)38-60-62(61)51-27-13-16-30-59(51)71-60/h1-39H. The molecule has 4 heterocycles. The predicted molar refractivity (Wildman–Crippen MR) is 293 cm³/mol. The smallest absolute Gasteiger partial charge is 0.164 e. The Morgan fingerprint density at radius 2 is 0.859 bits per heavy atom. The number of benzene rings is 11. The summed E-state index contributed by atoms with van der Waals surface area (Å²) < 4.78 is 11.5. The van der Waals surface area contributed by atoms with Crippen LogP contribution in [0.2, 0.25) is 0 Å². The van der Waals surface area contributed by atoms with Gasteiger partial charge in [0.25, 0.3) is 0 Å². The molecule has 6 heteroatoms. The van der Waals surface area contributed by atoms with E-state index in [1.165, 1.54) is 21.5 Å². The van der Waals surface area contributed by atoms with Crippen molar-refractivity contribution in [3.05, 3.63) is 237 Å².